The molecule has 6 nitrogen and oxygen atoms in total. The summed E-state index contributed by atoms with van der Waals surface area (Å²) in [5.41, 5.74) is 3.38. The van der Waals surface area contributed by atoms with Gasteiger partial charge in [0.2, 0.25) is 9.84 Å². The summed E-state index contributed by atoms with van der Waals surface area (Å²) in [4.78, 5) is 12.2. The molecule has 1 atom stereocenters. The molecule has 0 radical (unpaired) electrons. The molecule has 1 aromatic heterocycles. The molecule has 4 aromatic rings. The van der Waals surface area contributed by atoms with Gasteiger partial charge in [0.15, 0.2) is 0 Å². The first kappa shape index (κ1) is 28.3. The van der Waals surface area contributed by atoms with Gasteiger partial charge in [-0.1, -0.05) is 68.0 Å². The Kier molecular flexibility index (Phi) is 8.67. The molecule has 0 fully saturated rings. The van der Waals surface area contributed by atoms with E-state index in [1.54, 1.807) is 42.1 Å². The van der Waals surface area contributed by atoms with Gasteiger partial charge < -0.3 is 14.4 Å². The van der Waals surface area contributed by atoms with Crippen LogP contribution in [0.15, 0.2) is 95.0 Å². The molecular weight excluding hydrogens is 530 g/mol. The van der Waals surface area contributed by atoms with Crippen LogP contribution in [0.4, 0.5) is 0 Å². The molecule has 39 heavy (non-hydrogen) atoms. The average Bonchev–Trinajstić information content (AvgIpc) is 2.96. The van der Waals surface area contributed by atoms with E-state index < -0.39 is 21.8 Å². The van der Waals surface area contributed by atoms with E-state index in [-0.39, 0.29) is 9.79 Å². The van der Waals surface area contributed by atoms with Crippen molar-refractivity contribution in [3.8, 4) is 28.0 Å². The highest BCUT2D eigenvalue weighted by Gasteiger charge is 2.25. The minimum atomic E-state index is -3.98. The molecule has 0 aliphatic carbocycles. The molecule has 0 spiro atoms. The number of ether oxygens (including phenoxy) is 1. The summed E-state index contributed by atoms with van der Waals surface area (Å²) in [5, 5.41) is 9.80. The lowest BCUT2D eigenvalue weighted by Crippen LogP contribution is -2.16. The number of benzene rings is 3. The Morgan fingerprint density at radius 3 is 2.36 bits per heavy atom. The number of carboxylic acid groups (broad SMARTS) is 1. The summed E-state index contributed by atoms with van der Waals surface area (Å²) in [5.74, 6) is -0.580. The zero-order valence-corrected chi connectivity index (χ0v) is 23.8. The first-order valence-corrected chi connectivity index (χ1v) is 14.6. The fourth-order valence-corrected chi connectivity index (χ4v) is 6.24. The maximum atomic E-state index is 14.0. The minimum Gasteiger partial charge on any atom is -0.497 e. The summed E-state index contributed by atoms with van der Waals surface area (Å²) >= 11 is 5.96. The number of hydrogen-bond acceptors (Lipinski definition) is 5. The Hall–Kier alpha value is -3.75. The summed E-state index contributed by atoms with van der Waals surface area (Å²) in [6, 6.07) is 20.2. The Labute approximate surface area is 234 Å². The Balaban J connectivity index is 2.05. The van der Waals surface area contributed by atoms with E-state index in [1.165, 1.54) is 19.2 Å². The third-order valence-corrected chi connectivity index (χ3v) is 8.98. The Morgan fingerprint density at radius 2 is 1.69 bits per heavy atom. The van der Waals surface area contributed by atoms with Gasteiger partial charge in [0, 0.05) is 29.1 Å². The van der Waals surface area contributed by atoms with Crippen molar-refractivity contribution in [1.29, 1.82) is 0 Å². The summed E-state index contributed by atoms with van der Waals surface area (Å²) < 4.78 is 35.3. The quantitative estimate of drug-likeness (QED) is 0.203. The number of rotatable bonds is 10. The van der Waals surface area contributed by atoms with Gasteiger partial charge in [0.05, 0.1) is 21.4 Å². The van der Waals surface area contributed by atoms with Crippen LogP contribution >= 0.6 is 12.2 Å². The molecule has 0 bridgehead atoms. The van der Waals surface area contributed by atoms with Crippen molar-refractivity contribution in [3.63, 3.8) is 0 Å². The molecule has 0 aliphatic rings. The first-order valence-electron chi connectivity index (χ1n) is 12.7. The second-order valence-electron chi connectivity index (χ2n) is 9.36. The highest BCUT2D eigenvalue weighted by atomic mass is 32.2. The SMILES string of the molecule is CCCCc1ccc(S(=O)(=O)c2cccc(OC)c2)c(-c2cn(C(C)C(=O)O)cc(-c3ccccc3)c2=S)c1. The normalized spacial score (nSPS) is 12.2. The van der Waals surface area contributed by atoms with E-state index >= 15 is 0 Å². The van der Waals surface area contributed by atoms with Crippen LogP contribution in [0.3, 0.4) is 0 Å². The summed E-state index contributed by atoms with van der Waals surface area (Å²) in [7, 11) is -2.50. The van der Waals surface area contributed by atoms with Gasteiger partial charge in [0.25, 0.3) is 0 Å². The highest BCUT2D eigenvalue weighted by Crippen LogP contribution is 2.37. The minimum absolute atomic E-state index is 0.0984. The number of aliphatic carboxylic acids is 1. The maximum absolute atomic E-state index is 14.0. The van der Waals surface area contributed by atoms with Crippen LogP contribution in [0.1, 0.15) is 38.3 Å². The van der Waals surface area contributed by atoms with Crippen LogP contribution in [-0.4, -0.2) is 31.2 Å². The molecule has 0 saturated heterocycles. The van der Waals surface area contributed by atoms with E-state index in [2.05, 4.69) is 6.92 Å². The van der Waals surface area contributed by atoms with Crippen LogP contribution in [0.2, 0.25) is 0 Å². The molecule has 1 N–H and O–H groups in total. The topological polar surface area (TPSA) is 85.6 Å². The second kappa shape index (κ2) is 12.0. The number of aryl methyl sites for hydroxylation is 1. The van der Waals surface area contributed by atoms with Crippen LogP contribution in [0.5, 0.6) is 5.75 Å². The fraction of sp³-hybridized carbons (Fsp3) is 0.226. The van der Waals surface area contributed by atoms with Gasteiger partial charge in [0.1, 0.15) is 11.8 Å². The number of unbranched alkanes of at least 4 members (excludes halogenated alkanes) is 1. The van der Waals surface area contributed by atoms with Crippen LogP contribution in [0, 0.1) is 4.51 Å². The van der Waals surface area contributed by atoms with Crippen molar-refractivity contribution in [2.45, 2.75) is 48.9 Å². The average molecular weight is 562 g/mol. The standard InChI is InChI=1S/C31H31NO5S2/c1-4-5-10-22-15-16-29(39(35,36)25-14-9-13-24(18-25)37-3)26(17-22)28-20-32(21(2)31(33)34)19-27(30(28)38)23-11-7-6-8-12-23/h6-9,11-21H,4-5,10H2,1-3H3,(H,33,34). The van der Waals surface area contributed by atoms with Crippen molar-refractivity contribution in [1.82, 2.24) is 4.57 Å². The van der Waals surface area contributed by atoms with Crippen LogP contribution < -0.4 is 4.74 Å². The lowest BCUT2D eigenvalue weighted by molar-refractivity contribution is -0.140. The number of pyridine rings is 1. The van der Waals surface area contributed by atoms with Crippen molar-refractivity contribution in [2.24, 2.45) is 0 Å². The van der Waals surface area contributed by atoms with E-state index in [0.29, 0.717) is 26.9 Å². The predicted molar refractivity (Wildman–Crippen MR) is 156 cm³/mol. The fourth-order valence-electron chi connectivity index (χ4n) is 4.42. The van der Waals surface area contributed by atoms with Gasteiger partial charge in [-0.2, -0.15) is 0 Å². The summed E-state index contributed by atoms with van der Waals surface area (Å²) in [6.07, 6.45) is 6.08. The van der Waals surface area contributed by atoms with Gasteiger partial charge in [-0.05, 0) is 61.2 Å². The summed E-state index contributed by atoms with van der Waals surface area (Å²) in [6.45, 7) is 3.68. The van der Waals surface area contributed by atoms with Gasteiger partial charge in [-0.3, -0.25) is 0 Å². The molecule has 4 rings (SSSR count). The molecule has 202 valence electrons. The largest absolute Gasteiger partial charge is 0.497 e. The monoisotopic (exact) mass is 561 g/mol. The van der Waals surface area contributed by atoms with Crippen molar-refractivity contribution in [3.05, 3.63) is 95.3 Å². The van der Waals surface area contributed by atoms with Crippen molar-refractivity contribution >= 4 is 28.0 Å². The number of carbonyl (C=O) groups is 1. The predicted octanol–water partition coefficient (Wildman–Crippen LogP) is 7.38. The highest BCUT2D eigenvalue weighted by molar-refractivity contribution is 7.91. The zero-order chi connectivity index (χ0) is 28.2. The molecule has 0 saturated carbocycles. The molecular formula is C31H31NO5S2. The van der Waals surface area contributed by atoms with Gasteiger partial charge >= 0.3 is 5.97 Å². The van der Waals surface area contributed by atoms with Gasteiger partial charge in [-0.25, -0.2) is 13.2 Å². The zero-order valence-electron chi connectivity index (χ0n) is 22.1. The van der Waals surface area contributed by atoms with Crippen LogP contribution in [-0.2, 0) is 21.1 Å². The smallest absolute Gasteiger partial charge is 0.326 e. The molecule has 1 heterocycles. The molecule has 0 amide bonds. The second-order valence-corrected chi connectivity index (χ2v) is 11.7. The van der Waals surface area contributed by atoms with Gasteiger partial charge in [-0.15, -0.1) is 0 Å². The number of carboxylic acids is 1. The van der Waals surface area contributed by atoms with Crippen molar-refractivity contribution in [2.75, 3.05) is 7.11 Å². The Morgan fingerprint density at radius 1 is 0.974 bits per heavy atom. The third kappa shape index (κ3) is 5.97. The molecule has 0 aliphatic heterocycles. The number of nitrogens with zero attached hydrogens (tertiary/aromatic N) is 1. The lowest BCUT2D eigenvalue weighted by Gasteiger charge is -2.19. The molecule has 1 unspecified atom stereocenters. The lowest BCUT2D eigenvalue weighted by atomic mass is 9.98. The number of aromatic nitrogens is 1. The Bertz CT molecular complexity index is 1660. The number of methoxy groups -OCH3 is 1. The van der Waals surface area contributed by atoms with Crippen molar-refractivity contribution < 1.29 is 23.1 Å². The number of hydrogen-bond donors (Lipinski definition) is 1. The first-order chi connectivity index (χ1) is 18.7. The maximum Gasteiger partial charge on any atom is 0.326 e. The van der Waals surface area contributed by atoms with E-state index in [9.17, 15) is 18.3 Å². The molecule has 8 heteroatoms. The number of sulfone groups is 1. The van der Waals surface area contributed by atoms with Crippen LogP contribution in [0.25, 0.3) is 22.3 Å². The van der Waals surface area contributed by atoms with E-state index in [0.717, 1.165) is 30.4 Å². The van der Waals surface area contributed by atoms with E-state index in [4.69, 9.17) is 17.0 Å². The molecule has 3 aromatic carbocycles. The van der Waals surface area contributed by atoms with E-state index in [1.807, 2.05) is 42.5 Å². The third-order valence-electron chi connectivity index (χ3n) is 6.73.